The van der Waals surface area contributed by atoms with Gasteiger partial charge in [-0.1, -0.05) is 30.3 Å². The molecule has 1 saturated heterocycles. The zero-order chi connectivity index (χ0) is 21.9. The largest absolute Gasteiger partial charge is 0.488 e. The average Bonchev–Trinajstić information content (AvgIpc) is 3.28. The van der Waals surface area contributed by atoms with Gasteiger partial charge in [0.25, 0.3) is 5.91 Å². The second-order valence-corrected chi connectivity index (χ2v) is 7.99. The Bertz CT molecular complexity index is 1240. The van der Waals surface area contributed by atoms with Crippen LogP contribution in [0.4, 0.5) is 4.39 Å². The number of piperidine rings is 1. The monoisotopic (exact) mass is 430 g/mol. The zero-order valence-corrected chi connectivity index (χ0v) is 17.5. The number of aromatic nitrogens is 3. The van der Waals surface area contributed by atoms with E-state index in [4.69, 9.17) is 4.74 Å². The molecule has 5 rings (SSSR count). The van der Waals surface area contributed by atoms with E-state index in [1.165, 1.54) is 12.1 Å². The van der Waals surface area contributed by atoms with E-state index in [2.05, 4.69) is 10.2 Å². The molecule has 0 saturated carbocycles. The molecule has 1 aliphatic rings. The molecule has 1 aliphatic heterocycles. The number of carbonyl (C=O) groups is 1. The number of rotatable bonds is 5. The van der Waals surface area contributed by atoms with Gasteiger partial charge in [0.15, 0.2) is 5.65 Å². The molecule has 0 unspecified atom stereocenters. The van der Waals surface area contributed by atoms with Gasteiger partial charge >= 0.3 is 0 Å². The predicted octanol–water partition coefficient (Wildman–Crippen LogP) is 4.47. The third kappa shape index (κ3) is 4.06. The Morgan fingerprint density at radius 1 is 1.03 bits per heavy atom. The SMILES string of the molecule is O=C(c1ccccc1OCc1ccc(F)cc1)N1CCC[C@H](c2nnc3ccccn23)C1. The van der Waals surface area contributed by atoms with Crippen LogP contribution in [0.3, 0.4) is 0 Å². The van der Waals surface area contributed by atoms with Gasteiger partial charge in [0.2, 0.25) is 0 Å². The van der Waals surface area contributed by atoms with Crippen molar-refractivity contribution in [2.24, 2.45) is 0 Å². The fourth-order valence-electron chi connectivity index (χ4n) is 4.19. The van der Waals surface area contributed by atoms with Gasteiger partial charge in [0.1, 0.15) is 24.0 Å². The minimum Gasteiger partial charge on any atom is -0.488 e. The zero-order valence-electron chi connectivity index (χ0n) is 17.5. The van der Waals surface area contributed by atoms with Crippen LogP contribution in [0, 0.1) is 5.82 Å². The van der Waals surface area contributed by atoms with Crippen molar-refractivity contribution < 1.29 is 13.9 Å². The average molecular weight is 430 g/mol. The minimum atomic E-state index is -0.288. The predicted molar refractivity (Wildman–Crippen MR) is 118 cm³/mol. The van der Waals surface area contributed by atoms with Crippen molar-refractivity contribution in [2.75, 3.05) is 13.1 Å². The van der Waals surface area contributed by atoms with Gasteiger partial charge in [-0.3, -0.25) is 9.20 Å². The molecule has 0 bridgehead atoms. The van der Waals surface area contributed by atoms with Crippen LogP contribution in [-0.4, -0.2) is 38.5 Å². The van der Waals surface area contributed by atoms with E-state index in [-0.39, 0.29) is 24.2 Å². The number of benzene rings is 2. The lowest BCUT2D eigenvalue weighted by atomic mass is 9.96. The van der Waals surface area contributed by atoms with Crippen molar-refractivity contribution in [2.45, 2.75) is 25.4 Å². The molecular formula is C25H23FN4O2. The lowest BCUT2D eigenvalue weighted by Crippen LogP contribution is -2.39. The molecule has 1 fully saturated rings. The highest BCUT2D eigenvalue weighted by Gasteiger charge is 2.29. The molecule has 0 radical (unpaired) electrons. The molecule has 0 aliphatic carbocycles. The van der Waals surface area contributed by atoms with Gasteiger partial charge < -0.3 is 9.64 Å². The molecule has 0 N–H and O–H groups in total. The summed E-state index contributed by atoms with van der Waals surface area (Å²) in [5, 5.41) is 8.66. The molecule has 7 heteroatoms. The van der Waals surface area contributed by atoms with Crippen molar-refractivity contribution in [3.8, 4) is 5.75 Å². The Labute approximate surface area is 185 Å². The molecule has 1 amide bonds. The summed E-state index contributed by atoms with van der Waals surface area (Å²) in [5.74, 6) is 1.19. The van der Waals surface area contributed by atoms with Crippen LogP contribution >= 0.6 is 0 Å². The first-order valence-electron chi connectivity index (χ1n) is 10.7. The molecular weight excluding hydrogens is 407 g/mol. The molecule has 162 valence electrons. The number of likely N-dealkylation sites (tertiary alicyclic amines) is 1. The number of halogens is 1. The Kier molecular flexibility index (Phi) is 5.54. The van der Waals surface area contributed by atoms with Crippen LogP contribution < -0.4 is 4.74 Å². The third-order valence-electron chi connectivity index (χ3n) is 5.84. The maximum Gasteiger partial charge on any atom is 0.257 e. The lowest BCUT2D eigenvalue weighted by molar-refractivity contribution is 0.0699. The van der Waals surface area contributed by atoms with Crippen LogP contribution in [0.15, 0.2) is 72.9 Å². The number of amides is 1. The maximum atomic E-state index is 13.4. The van der Waals surface area contributed by atoms with Gasteiger partial charge in [-0.05, 0) is 54.8 Å². The highest BCUT2D eigenvalue weighted by molar-refractivity contribution is 5.97. The molecule has 3 heterocycles. The van der Waals surface area contributed by atoms with Crippen LogP contribution in [0.2, 0.25) is 0 Å². The van der Waals surface area contributed by atoms with Crippen LogP contribution in [0.1, 0.15) is 40.5 Å². The fourth-order valence-corrected chi connectivity index (χ4v) is 4.19. The number of pyridine rings is 1. The van der Waals surface area contributed by atoms with Crippen molar-refractivity contribution in [3.05, 3.63) is 95.7 Å². The summed E-state index contributed by atoms with van der Waals surface area (Å²) in [6, 6.07) is 19.3. The first-order valence-corrected chi connectivity index (χ1v) is 10.7. The quantitative estimate of drug-likeness (QED) is 0.469. The second-order valence-electron chi connectivity index (χ2n) is 7.99. The summed E-state index contributed by atoms with van der Waals surface area (Å²) in [6.07, 6.45) is 3.82. The van der Waals surface area contributed by atoms with Gasteiger partial charge in [0, 0.05) is 25.2 Å². The van der Waals surface area contributed by atoms with Gasteiger partial charge in [-0.25, -0.2) is 4.39 Å². The summed E-state index contributed by atoms with van der Waals surface area (Å²) in [5.41, 5.74) is 2.18. The van der Waals surface area contributed by atoms with Crippen molar-refractivity contribution in [1.82, 2.24) is 19.5 Å². The Hall–Kier alpha value is -3.74. The molecule has 0 spiro atoms. The van der Waals surface area contributed by atoms with E-state index in [9.17, 15) is 9.18 Å². The molecule has 2 aromatic heterocycles. The lowest BCUT2D eigenvalue weighted by Gasteiger charge is -2.32. The summed E-state index contributed by atoms with van der Waals surface area (Å²) >= 11 is 0. The number of ether oxygens (including phenoxy) is 1. The highest BCUT2D eigenvalue weighted by atomic mass is 19.1. The smallest absolute Gasteiger partial charge is 0.257 e. The highest BCUT2D eigenvalue weighted by Crippen LogP contribution is 2.29. The molecule has 4 aromatic rings. The van der Waals surface area contributed by atoms with Crippen LogP contribution in [0.25, 0.3) is 5.65 Å². The fraction of sp³-hybridized carbons (Fsp3) is 0.240. The van der Waals surface area contributed by atoms with Gasteiger partial charge in [0.05, 0.1) is 5.56 Å². The minimum absolute atomic E-state index is 0.0572. The number of fused-ring (bicyclic) bond motifs is 1. The normalized spacial score (nSPS) is 16.3. The van der Waals surface area contributed by atoms with Gasteiger partial charge in [-0.2, -0.15) is 0 Å². The Balaban J connectivity index is 1.33. The number of para-hydroxylation sites is 1. The molecule has 6 nitrogen and oxygen atoms in total. The van der Waals surface area contributed by atoms with Crippen LogP contribution in [0.5, 0.6) is 5.75 Å². The summed E-state index contributed by atoms with van der Waals surface area (Å²) in [4.78, 5) is 15.3. The van der Waals surface area contributed by atoms with E-state index in [1.807, 2.05) is 45.8 Å². The third-order valence-corrected chi connectivity index (χ3v) is 5.84. The van der Waals surface area contributed by atoms with E-state index < -0.39 is 0 Å². The maximum absolute atomic E-state index is 13.4. The number of nitrogens with zero attached hydrogens (tertiary/aromatic N) is 4. The Morgan fingerprint density at radius 3 is 2.72 bits per heavy atom. The summed E-state index contributed by atoms with van der Waals surface area (Å²) in [6.45, 7) is 1.54. The van der Waals surface area contributed by atoms with Crippen molar-refractivity contribution in [3.63, 3.8) is 0 Å². The van der Waals surface area contributed by atoms with E-state index in [0.717, 1.165) is 29.9 Å². The second kappa shape index (κ2) is 8.78. The van der Waals surface area contributed by atoms with E-state index in [0.29, 0.717) is 24.4 Å². The number of hydrogen-bond acceptors (Lipinski definition) is 4. The molecule has 1 atom stereocenters. The topological polar surface area (TPSA) is 59.7 Å². The van der Waals surface area contributed by atoms with Crippen molar-refractivity contribution >= 4 is 11.6 Å². The Morgan fingerprint density at radius 2 is 1.84 bits per heavy atom. The molecule has 32 heavy (non-hydrogen) atoms. The van der Waals surface area contributed by atoms with Crippen LogP contribution in [-0.2, 0) is 6.61 Å². The molecule has 2 aromatic carbocycles. The summed E-state index contributed by atoms with van der Waals surface area (Å²) < 4.78 is 21.1. The number of carbonyl (C=O) groups excluding carboxylic acids is 1. The van der Waals surface area contributed by atoms with Gasteiger partial charge in [-0.15, -0.1) is 10.2 Å². The number of hydrogen-bond donors (Lipinski definition) is 0. The van der Waals surface area contributed by atoms with E-state index >= 15 is 0 Å². The van der Waals surface area contributed by atoms with E-state index in [1.54, 1.807) is 24.3 Å². The summed E-state index contributed by atoms with van der Waals surface area (Å²) in [7, 11) is 0. The first kappa shape index (κ1) is 20.2. The standard InChI is InChI=1S/C25H23FN4O2/c26-20-12-10-18(11-13-20)17-32-22-8-2-1-7-21(22)25(31)29-14-5-6-19(16-29)24-28-27-23-9-3-4-15-30(23)24/h1-4,7-13,15,19H,5-6,14,16-17H2/t19-/m0/s1. The first-order chi connectivity index (χ1) is 15.7. The van der Waals surface area contributed by atoms with Crippen molar-refractivity contribution in [1.29, 1.82) is 0 Å².